The van der Waals surface area contributed by atoms with Gasteiger partial charge in [-0.05, 0) is 43.4 Å². The number of ether oxygens (including phenoxy) is 1. The molecule has 1 aromatic rings. The molecule has 6 heteroatoms. The fourth-order valence-electron chi connectivity index (χ4n) is 3.07. The van der Waals surface area contributed by atoms with Gasteiger partial charge in [0, 0.05) is 31.9 Å². The summed E-state index contributed by atoms with van der Waals surface area (Å²) in [7, 11) is 0. The maximum absolute atomic E-state index is 12.6. The molecule has 0 radical (unpaired) electrons. The van der Waals surface area contributed by atoms with Crippen LogP contribution >= 0.6 is 0 Å². The van der Waals surface area contributed by atoms with Crippen molar-refractivity contribution in [2.75, 3.05) is 38.1 Å². The minimum Gasteiger partial charge on any atom is -0.449 e. The van der Waals surface area contributed by atoms with Crippen LogP contribution in [0.4, 0.5) is 10.5 Å². The van der Waals surface area contributed by atoms with Crippen molar-refractivity contribution in [3.63, 3.8) is 0 Å². The Bertz CT molecular complexity index is 616. The van der Waals surface area contributed by atoms with Crippen LogP contribution in [0.2, 0.25) is 0 Å². The highest BCUT2D eigenvalue weighted by molar-refractivity contribution is 5.94. The summed E-state index contributed by atoms with van der Waals surface area (Å²) in [6.07, 6.45) is 1.56. The lowest BCUT2D eigenvalue weighted by atomic mass is 10.1. The first kappa shape index (κ1) is 21.2. The number of benzene rings is 1. The van der Waals surface area contributed by atoms with Gasteiger partial charge in [-0.1, -0.05) is 32.9 Å². The van der Waals surface area contributed by atoms with Crippen LogP contribution in [0.1, 0.15) is 39.7 Å². The summed E-state index contributed by atoms with van der Waals surface area (Å²) < 4.78 is 5.33. The van der Waals surface area contributed by atoms with Gasteiger partial charge in [-0.25, -0.2) is 4.79 Å². The Labute approximate surface area is 162 Å². The fraction of sp³-hybridized carbons (Fsp3) is 0.619. The maximum Gasteiger partial charge on any atom is 0.409 e. The molecule has 1 aliphatic rings. The highest BCUT2D eigenvalue weighted by Gasteiger charge is 2.26. The zero-order valence-corrected chi connectivity index (χ0v) is 17.0. The van der Waals surface area contributed by atoms with Crippen LogP contribution in [0.15, 0.2) is 24.3 Å². The van der Waals surface area contributed by atoms with Crippen molar-refractivity contribution in [3.8, 4) is 0 Å². The van der Waals surface area contributed by atoms with Gasteiger partial charge in [0.25, 0.3) is 0 Å². The van der Waals surface area contributed by atoms with Gasteiger partial charge in [-0.3, -0.25) is 9.69 Å². The number of nitrogens with one attached hydrogen (secondary N) is 1. The summed E-state index contributed by atoms with van der Waals surface area (Å²) in [5, 5.41) is 2.99. The van der Waals surface area contributed by atoms with Crippen molar-refractivity contribution in [1.82, 2.24) is 9.80 Å². The number of hydrogen-bond acceptors (Lipinski definition) is 4. The van der Waals surface area contributed by atoms with E-state index in [1.807, 2.05) is 45.0 Å². The Morgan fingerprint density at radius 1 is 1.07 bits per heavy atom. The van der Waals surface area contributed by atoms with Gasteiger partial charge >= 0.3 is 6.09 Å². The number of amides is 2. The van der Waals surface area contributed by atoms with Gasteiger partial charge in [-0.2, -0.15) is 0 Å². The van der Waals surface area contributed by atoms with Gasteiger partial charge in [0.2, 0.25) is 5.91 Å². The van der Waals surface area contributed by atoms with E-state index >= 15 is 0 Å². The van der Waals surface area contributed by atoms with Crippen LogP contribution < -0.4 is 5.32 Å². The van der Waals surface area contributed by atoms with Gasteiger partial charge in [-0.15, -0.1) is 0 Å². The molecule has 27 heavy (non-hydrogen) atoms. The number of aryl methyl sites for hydroxylation is 1. The Kier molecular flexibility index (Phi) is 8.10. The highest BCUT2D eigenvalue weighted by Crippen LogP contribution is 2.13. The third-order valence-corrected chi connectivity index (χ3v) is 4.89. The Hall–Kier alpha value is -2.08. The number of carbonyl (C=O) groups is 2. The minimum atomic E-state index is -0.251. The standard InChI is InChI=1S/C21H33N3O3/c1-5-18-7-9-19(10-8-18)22-20(25)17(4)23-11-6-12-24(14-13-23)21(26)27-15-16(2)3/h7-10,16-17H,5-6,11-15H2,1-4H3,(H,22,25). The molecule has 2 amide bonds. The molecule has 1 aliphatic heterocycles. The van der Waals surface area contributed by atoms with Crippen molar-refractivity contribution in [2.24, 2.45) is 5.92 Å². The van der Waals surface area contributed by atoms with Crippen molar-refractivity contribution >= 4 is 17.7 Å². The van der Waals surface area contributed by atoms with Gasteiger partial charge in [0.05, 0.1) is 12.6 Å². The molecule has 1 saturated heterocycles. The summed E-state index contributed by atoms with van der Waals surface area (Å²) in [4.78, 5) is 28.7. The first-order valence-corrected chi connectivity index (χ1v) is 9.96. The van der Waals surface area contributed by atoms with Crippen LogP contribution in [0.3, 0.4) is 0 Å². The number of carbonyl (C=O) groups excluding carboxylic acids is 2. The molecule has 6 nitrogen and oxygen atoms in total. The lowest BCUT2D eigenvalue weighted by Crippen LogP contribution is -2.44. The predicted octanol–water partition coefficient (Wildman–Crippen LogP) is 3.38. The topological polar surface area (TPSA) is 61.9 Å². The monoisotopic (exact) mass is 375 g/mol. The average molecular weight is 376 g/mol. The average Bonchev–Trinajstić information content (AvgIpc) is 2.92. The molecule has 1 unspecified atom stereocenters. The number of hydrogen-bond donors (Lipinski definition) is 1. The molecule has 1 fully saturated rings. The lowest BCUT2D eigenvalue weighted by molar-refractivity contribution is -0.120. The predicted molar refractivity (Wildman–Crippen MR) is 108 cm³/mol. The zero-order valence-electron chi connectivity index (χ0n) is 17.0. The molecule has 2 rings (SSSR count). The first-order chi connectivity index (χ1) is 12.9. The normalized spacial score (nSPS) is 16.7. The van der Waals surface area contributed by atoms with E-state index in [0.29, 0.717) is 32.2 Å². The summed E-state index contributed by atoms with van der Waals surface area (Å²) in [5.41, 5.74) is 2.07. The number of rotatable bonds is 6. The molecule has 1 N–H and O–H groups in total. The molecule has 0 bridgehead atoms. The van der Waals surface area contributed by atoms with Crippen LogP contribution in [0, 0.1) is 5.92 Å². The van der Waals surface area contributed by atoms with Crippen LogP contribution in [-0.4, -0.2) is 60.6 Å². The molecule has 0 spiro atoms. The van der Waals surface area contributed by atoms with Crippen molar-refractivity contribution < 1.29 is 14.3 Å². The first-order valence-electron chi connectivity index (χ1n) is 9.96. The van der Waals surface area contributed by atoms with E-state index < -0.39 is 0 Å². The van der Waals surface area contributed by atoms with Crippen LogP contribution in [0.5, 0.6) is 0 Å². The molecule has 0 saturated carbocycles. The zero-order chi connectivity index (χ0) is 19.8. The summed E-state index contributed by atoms with van der Waals surface area (Å²) in [6, 6.07) is 7.71. The van der Waals surface area contributed by atoms with E-state index in [1.165, 1.54) is 5.56 Å². The SMILES string of the molecule is CCc1ccc(NC(=O)C(C)N2CCCN(C(=O)OCC(C)C)CC2)cc1. The number of anilines is 1. The van der Waals surface area contributed by atoms with E-state index in [1.54, 1.807) is 4.90 Å². The number of nitrogens with zero attached hydrogens (tertiary/aromatic N) is 2. The third kappa shape index (κ3) is 6.54. The van der Waals surface area contributed by atoms with E-state index in [-0.39, 0.29) is 18.0 Å². The van der Waals surface area contributed by atoms with Gasteiger partial charge < -0.3 is 15.0 Å². The Morgan fingerprint density at radius 2 is 1.78 bits per heavy atom. The van der Waals surface area contributed by atoms with Crippen LogP contribution in [-0.2, 0) is 16.0 Å². The molecule has 1 aromatic carbocycles. The molecule has 150 valence electrons. The Morgan fingerprint density at radius 3 is 2.41 bits per heavy atom. The van der Waals surface area contributed by atoms with E-state index in [2.05, 4.69) is 17.1 Å². The molecule has 1 atom stereocenters. The van der Waals surface area contributed by atoms with E-state index in [0.717, 1.165) is 25.1 Å². The quantitative estimate of drug-likeness (QED) is 0.828. The van der Waals surface area contributed by atoms with Crippen molar-refractivity contribution in [2.45, 2.75) is 46.6 Å². The van der Waals surface area contributed by atoms with E-state index in [9.17, 15) is 9.59 Å². The molecular formula is C21H33N3O3. The molecule has 0 aliphatic carbocycles. The highest BCUT2D eigenvalue weighted by atomic mass is 16.6. The third-order valence-electron chi connectivity index (χ3n) is 4.89. The molecule has 1 heterocycles. The van der Waals surface area contributed by atoms with Crippen molar-refractivity contribution in [1.29, 1.82) is 0 Å². The summed E-state index contributed by atoms with van der Waals surface area (Å²) >= 11 is 0. The largest absolute Gasteiger partial charge is 0.449 e. The summed E-state index contributed by atoms with van der Waals surface area (Å²) in [5.74, 6) is 0.308. The lowest BCUT2D eigenvalue weighted by Gasteiger charge is -2.27. The smallest absolute Gasteiger partial charge is 0.409 e. The second-order valence-electron chi connectivity index (χ2n) is 7.56. The van der Waals surface area contributed by atoms with E-state index in [4.69, 9.17) is 4.74 Å². The second-order valence-corrected chi connectivity index (χ2v) is 7.56. The molecule has 0 aromatic heterocycles. The minimum absolute atomic E-state index is 0.0184. The maximum atomic E-state index is 12.6. The van der Waals surface area contributed by atoms with Gasteiger partial charge in [0.15, 0.2) is 0 Å². The van der Waals surface area contributed by atoms with Crippen molar-refractivity contribution in [3.05, 3.63) is 29.8 Å². The Balaban J connectivity index is 1.85. The van der Waals surface area contributed by atoms with Crippen LogP contribution in [0.25, 0.3) is 0 Å². The fourth-order valence-corrected chi connectivity index (χ4v) is 3.07. The molecular weight excluding hydrogens is 342 g/mol. The van der Waals surface area contributed by atoms with Gasteiger partial charge in [0.1, 0.15) is 0 Å². The second kappa shape index (κ2) is 10.3. The summed E-state index contributed by atoms with van der Waals surface area (Å²) in [6.45, 7) is 11.2.